The van der Waals surface area contributed by atoms with E-state index in [1.54, 1.807) is 6.08 Å². The first-order valence-corrected chi connectivity index (χ1v) is 9.21. The van der Waals surface area contributed by atoms with Crippen LogP contribution in [0, 0.1) is 0 Å². The Hall–Kier alpha value is -3.04. The molecule has 0 saturated heterocycles. The van der Waals surface area contributed by atoms with Gasteiger partial charge in [-0.05, 0) is 35.8 Å². The highest BCUT2D eigenvalue weighted by Crippen LogP contribution is 2.23. The average Bonchev–Trinajstić information content (AvgIpc) is 3.05. The zero-order chi connectivity index (χ0) is 21.0. The molecule has 29 heavy (non-hydrogen) atoms. The molecule has 0 fully saturated rings. The summed E-state index contributed by atoms with van der Waals surface area (Å²) in [6.07, 6.45) is 4.26. The molecule has 2 heterocycles. The standard InChI is InChI=1S/C20H23F2N5O2/c1-2-25-11-16(6-7-18(25)28)15-5-3-4-14(8-15)10-26-13-24-27(20(26)29)12-17(9-23)19(21)22/h3-8,11,13,18,28H,2,9-10,12,23H2,1H3. The van der Waals surface area contributed by atoms with E-state index in [0.29, 0.717) is 6.54 Å². The van der Waals surface area contributed by atoms with Crippen LogP contribution in [-0.4, -0.2) is 43.7 Å². The number of nitrogens with two attached hydrogens (primary N) is 1. The minimum Gasteiger partial charge on any atom is -0.370 e. The molecule has 0 amide bonds. The van der Waals surface area contributed by atoms with Crippen molar-refractivity contribution in [1.82, 2.24) is 19.2 Å². The summed E-state index contributed by atoms with van der Waals surface area (Å²) in [4.78, 5) is 14.3. The van der Waals surface area contributed by atoms with Gasteiger partial charge in [0.05, 0.1) is 13.1 Å². The number of allylic oxidation sites excluding steroid dienone is 2. The number of hydrogen-bond acceptors (Lipinski definition) is 5. The summed E-state index contributed by atoms with van der Waals surface area (Å²) in [5.74, 6) is 0. The molecule has 0 aliphatic carbocycles. The quantitative estimate of drug-likeness (QED) is 0.735. The van der Waals surface area contributed by atoms with E-state index >= 15 is 0 Å². The van der Waals surface area contributed by atoms with Crippen molar-refractivity contribution in [3.63, 3.8) is 0 Å². The Morgan fingerprint density at radius 1 is 1.34 bits per heavy atom. The molecular weight excluding hydrogens is 380 g/mol. The topological polar surface area (TPSA) is 89.3 Å². The molecule has 7 nitrogen and oxygen atoms in total. The fraction of sp³-hybridized carbons (Fsp3) is 0.300. The predicted octanol–water partition coefficient (Wildman–Crippen LogP) is 1.75. The van der Waals surface area contributed by atoms with E-state index in [0.717, 1.165) is 21.4 Å². The smallest absolute Gasteiger partial charge is 0.346 e. The van der Waals surface area contributed by atoms with Gasteiger partial charge >= 0.3 is 5.69 Å². The largest absolute Gasteiger partial charge is 0.370 e. The van der Waals surface area contributed by atoms with Crippen LogP contribution in [0.3, 0.4) is 0 Å². The van der Waals surface area contributed by atoms with Gasteiger partial charge in [0.2, 0.25) is 0 Å². The third-order valence-corrected chi connectivity index (χ3v) is 4.72. The second-order valence-corrected chi connectivity index (χ2v) is 6.66. The van der Waals surface area contributed by atoms with Crippen LogP contribution in [0.25, 0.3) is 5.57 Å². The van der Waals surface area contributed by atoms with E-state index in [2.05, 4.69) is 5.10 Å². The van der Waals surface area contributed by atoms with Gasteiger partial charge in [-0.25, -0.2) is 9.48 Å². The molecule has 1 aliphatic heterocycles. The number of halogens is 2. The third-order valence-electron chi connectivity index (χ3n) is 4.72. The summed E-state index contributed by atoms with van der Waals surface area (Å²) < 4.78 is 27.9. The molecule has 0 spiro atoms. The van der Waals surface area contributed by atoms with Gasteiger partial charge in [0.1, 0.15) is 12.6 Å². The van der Waals surface area contributed by atoms with E-state index in [1.807, 2.05) is 48.4 Å². The summed E-state index contributed by atoms with van der Waals surface area (Å²) in [5, 5.41) is 13.8. The molecule has 0 saturated carbocycles. The summed E-state index contributed by atoms with van der Waals surface area (Å²) in [5.41, 5.74) is 7.24. The molecule has 1 aromatic heterocycles. The van der Waals surface area contributed by atoms with Crippen molar-refractivity contribution in [2.24, 2.45) is 5.73 Å². The second kappa shape index (κ2) is 8.97. The summed E-state index contributed by atoms with van der Waals surface area (Å²) in [6, 6.07) is 7.64. The monoisotopic (exact) mass is 403 g/mol. The lowest BCUT2D eigenvalue weighted by Crippen LogP contribution is -2.30. The maximum absolute atomic E-state index is 12.8. The predicted molar refractivity (Wildman–Crippen MR) is 106 cm³/mol. The van der Waals surface area contributed by atoms with Crippen molar-refractivity contribution in [2.45, 2.75) is 26.2 Å². The van der Waals surface area contributed by atoms with Gasteiger partial charge in [-0.3, -0.25) is 4.57 Å². The molecule has 0 bridgehead atoms. The lowest BCUT2D eigenvalue weighted by molar-refractivity contribution is 0.0825. The van der Waals surface area contributed by atoms with Crippen LogP contribution in [0.1, 0.15) is 18.1 Å². The molecule has 154 valence electrons. The number of likely N-dealkylation sites (N-methyl/N-ethyl adjacent to an activating group) is 1. The van der Waals surface area contributed by atoms with E-state index in [-0.39, 0.29) is 25.2 Å². The summed E-state index contributed by atoms with van der Waals surface area (Å²) in [7, 11) is 0. The van der Waals surface area contributed by atoms with E-state index in [1.165, 1.54) is 10.9 Å². The van der Waals surface area contributed by atoms with Crippen LogP contribution in [-0.2, 0) is 13.1 Å². The second-order valence-electron chi connectivity index (χ2n) is 6.66. The molecular formula is C20H23F2N5O2. The number of hydrogen-bond donors (Lipinski definition) is 2. The Bertz CT molecular complexity index is 1020. The first-order chi connectivity index (χ1) is 13.9. The van der Waals surface area contributed by atoms with Crippen molar-refractivity contribution >= 4 is 5.57 Å². The van der Waals surface area contributed by atoms with Gasteiger partial charge in [0, 0.05) is 24.9 Å². The molecule has 1 aliphatic rings. The Morgan fingerprint density at radius 2 is 2.14 bits per heavy atom. The molecule has 3 rings (SSSR count). The lowest BCUT2D eigenvalue weighted by atomic mass is 10.0. The van der Waals surface area contributed by atoms with Crippen molar-refractivity contribution in [3.05, 3.63) is 82.2 Å². The molecule has 1 unspecified atom stereocenters. The Kier molecular flexibility index (Phi) is 6.40. The summed E-state index contributed by atoms with van der Waals surface area (Å²) in [6.45, 7) is 2.20. The van der Waals surface area contributed by atoms with Crippen LogP contribution in [0.4, 0.5) is 8.78 Å². The Balaban J connectivity index is 1.81. The highest BCUT2D eigenvalue weighted by molar-refractivity contribution is 5.75. The fourth-order valence-electron chi connectivity index (χ4n) is 3.06. The van der Waals surface area contributed by atoms with Gasteiger partial charge < -0.3 is 15.7 Å². The molecule has 1 atom stereocenters. The van der Waals surface area contributed by atoms with Gasteiger partial charge in [-0.2, -0.15) is 13.9 Å². The third kappa shape index (κ3) is 4.69. The first kappa shape index (κ1) is 20.7. The maximum atomic E-state index is 12.8. The van der Waals surface area contributed by atoms with Crippen LogP contribution in [0.15, 0.2) is 65.4 Å². The van der Waals surface area contributed by atoms with E-state index < -0.39 is 18.0 Å². The van der Waals surface area contributed by atoms with E-state index in [9.17, 15) is 18.7 Å². The number of rotatable bonds is 7. The van der Waals surface area contributed by atoms with Crippen molar-refractivity contribution in [3.8, 4) is 0 Å². The zero-order valence-corrected chi connectivity index (χ0v) is 16.0. The number of aromatic nitrogens is 3. The van der Waals surface area contributed by atoms with E-state index in [4.69, 9.17) is 5.73 Å². The zero-order valence-electron chi connectivity index (χ0n) is 16.0. The van der Waals surface area contributed by atoms with Crippen LogP contribution in [0.5, 0.6) is 0 Å². The highest BCUT2D eigenvalue weighted by Gasteiger charge is 2.14. The Morgan fingerprint density at radius 3 is 2.83 bits per heavy atom. The minimum atomic E-state index is -1.89. The molecule has 1 aromatic carbocycles. The molecule has 3 N–H and O–H groups in total. The number of aliphatic hydroxyl groups is 1. The van der Waals surface area contributed by atoms with Crippen LogP contribution < -0.4 is 11.4 Å². The van der Waals surface area contributed by atoms with Crippen molar-refractivity contribution < 1.29 is 13.9 Å². The van der Waals surface area contributed by atoms with Gasteiger partial charge in [0.25, 0.3) is 6.08 Å². The minimum absolute atomic E-state index is 0.254. The molecule has 0 radical (unpaired) electrons. The maximum Gasteiger partial charge on any atom is 0.346 e. The number of aliphatic hydroxyl groups excluding tert-OH is 1. The number of nitrogens with zero attached hydrogens (tertiary/aromatic N) is 4. The summed E-state index contributed by atoms with van der Waals surface area (Å²) >= 11 is 0. The van der Waals surface area contributed by atoms with Crippen LogP contribution in [0.2, 0.25) is 0 Å². The fourth-order valence-corrected chi connectivity index (χ4v) is 3.06. The highest BCUT2D eigenvalue weighted by atomic mass is 19.3. The first-order valence-electron chi connectivity index (χ1n) is 9.21. The Labute approximate surface area is 166 Å². The van der Waals surface area contributed by atoms with Crippen LogP contribution >= 0.6 is 0 Å². The van der Waals surface area contributed by atoms with Gasteiger partial charge in [0.15, 0.2) is 0 Å². The normalized spacial score (nSPS) is 16.1. The SMILES string of the molecule is CCN1C=C(c2cccc(Cn3cnn(CC(CN)=C(F)F)c3=O)c2)C=CC1O. The molecule has 9 heteroatoms. The molecule has 2 aromatic rings. The van der Waals surface area contributed by atoms with Gasteiger partial charge in [-0.1, -0.05) is 24.3 Å². The average molecular weight is 403 g/mol. The van der Waals surface area contributed by atoms with Crippen molar-refractivity contribution in [1.29, 1.82) is 0 Å². The van der Waals surface area contributed by atoms with Gasteiger partial charge in [-0.15, -0.1) is 0 Å². The number of benzene rings is 1. The lowest BCUT2D eigenvalue weighted by Gasteiger charge is -2.27. The van der Waals surface area contributed by atoms with Crippen molar-refractivity contribution in [2.75, 3.05) is 13.1 Å².